The van der Waals surface area contributed by atoms with Gasteiger partial charge in [0.15, 0.2) is 0 Å². The second-order valence-corrected chi connectivity index (χ2v) is 8.47. The van der Waals surface area contributed by atoms with E-state index in [9.17, 15) is 8.42 Å². The predicted molar refractivity (Wildman–Crippen MR) is 98.9 cm³/mol. The van der Waals surface area contributed by atoms with E-state index >= 15 is 0 Å². The summed E-state index contributed by atoms with van der Waals surface area (Å²) in [6, 6.07) is 8.14. The molecule has 0 amide bonds. The third kappa shape index (κ3) is 5.84. The molecule has 6 heteroatoms. The van der Waals surface area contributed by atoms with Gasteiger partial charge in [-0.3, -0.25) is 4.90 Å². The first kappa shape index (κ1) is 19.4. The summed E-state index contributed by atoms with van der Waals surface area (Å²) in [7, 11) is -1.77. The molecule has 1 aromatic rings. The van der Waals surface area contributed by atoms with E-state index in [-0.39, 0.29) is 0 Å². The van der Waals surface area contributed by atoms with Crippen LogP contribution in [0.1, 0.15) is 50.2 Å². The zero-order valence-corrected chi connectivity index (χ0v) is 15.8. The van der Waals surface area contributed by atoms with Gasteiger partial charge in [-0.2, -0.15) is 17.4 Å². The van der Waals surface area contributed by atoms with Crippen LogP contribution in [0.4, 0.5) is 0 Å². The van der Waals surface area contributed by atoms with Crippen molar-refractivity contribution in [2.75, 3.05) is 26.7 Å². The Morgan fingerprint density at radius 2 is 1.79 bits per heavy atom. The van der Waals surface area contributed by atoms with Gasteiger partial charge in [-0.25, -0.2) is 0 Å². The number of hydrogen-bond acceptors (Lipinski definition) is 3. The lowest BCUT2D eigenvalue weighted by atomic mass is 10.1. The summed E-state index contributed by atoms with van der Waals surface area (Å²) in [6.45, 7) is 6.15. The molecule has 0 bridgehead atoms. The van der Waals surface area contributed by atoms with Crippen molar-refractivity contribution in [1.82, 2.24) is 13.9 Å². The van der Waals surface area contributed by atoms with Gasteiger partial charge in [-0.15, -0.1) is 0 Å². The van der Waals surface area contributed by atoms with Crippen LogP contribution in [0, 0.1) is 0 Å². The fraction of sp³-hybridized carbons (Fsp3) is 0.667. The van der Waals surface area contributed by atoms with E-state index in [0.29, 0.717) is 13.1 Å². The first-order valence-corrected chi connectivity index (χ1v) is 10.5. The van der Waals surface area contributed by atoms with Gasteiger partial charge in [-0.1, -0.05) is 44.0 Å². The molecular formula is C18H31N3O2S. The lowest BCUT2D eigenvalue weighted by molar-refractivity contribution is 0.220. The molecule has 0 aliphatic carbocycles. The second-order valence-electron chi connectivity index (χ2n) is 6.61. The fourth-order valence-electron chi connectivity index (χ4n) is 3.02. The van der Waals surface area contributed by atoms with Crippen molar-refractivity contribution in [3.05, 3.63) is 35.4 Å². The molecule has 136 valence electrons. The van der Waals surface area contributed by atoms with E-state index in [1.54, 1.807) is 7.05 Å². The Labute approximate surface area is 147 Å². The van der Waals surface area contributed by atoms with Crippen LogP contribution in [0.15, 0.2) is 24.3 Å². The van der Waals surface area contributed by atoms with Gasteiger partial charge in [0.05, 0.1) is 0 Å². The molecule has 0 saturated carbocycles. The van der Waals surface area contributed by atoms with Gasteiger partial charge in [0.1, 0.15) is 0 Å². The SMILES string of the molecule is CCCCN(C)S(=O)(=O)NCc1ccccc1CN1CCCCC1. The Morgan fingerprint density at radius 1 is 1.12 bits per heavy atom. The Morgan fingerprint density at radius 3 is 2.46 bits per heavy atom. The second kappa shape index (κ2) is 9.51. The molecule has 1 aliphatic heterocycles. The Balaban J connectivity index is 1.96. The summed E-state index contributed by atoms with van der Waals surface area (Å²) in [5, 5.41) is 0. The molecule has 5 nitrogen and oxygen atoms in total. The summed E-state index contributed by atoms with van der Waals surface area (Å²) >= 11 is 0. The molecule has 1 aromatic carbocycles. The number of piperidine rings is 1. The van der Waals surface area contributed by atoms with Gasteiger partial charge in [0, 0.05) is 26.7 Å². The van der Waals surface area contributed by atoms with Crippen LogP contribution in [0.5, 0.6) is 0 Å². The van der Waals surface area contributed by atoms with E-state index < -0.39 is 10.2 Å². The molecule has 1 fully saturated rings. The highest BCUT2D eigenvalue weighted by Crippen LogP contribution is 2.16. The van der Waals surface area contributed by atoms with Crippen molar-refractivity contribution in [2.24, 2.45) is 0 Å². The van der Waals surface area contributed by atoms with Gasteiger partial charge in [-0.05, 0) is 43.5 Å². The Kier molecular flexibility index (Phi) is 7.68. The highest BCUT2D eigenvalue weighted by molar-refractivity contribution is 7.87. The zero-order chi connectivity index (χ0) is 17.4. The van der Waals surface area contributed by atoms with Crippen LogP contribution in [-0.4, -0.2) is 44.3 Å². The minimum Gasteiger partial charge on any atom is -0.299 e. The third-order valence-corrected chi connectivity index (χ3v) is 6.16. The number of likely N-dealkylation sites (tertiary alicyclic amines) is 1. The molecule has 0 atom stereocenters. The standard InChI is InChI=1S/C18H31N3O2S/c1-3-4-12-20(2)24(22,23)19-15-17-10-6-7-11-18(17)16-21-13-8-5-9-14-21/h6-7,10-11,19H,3-5,8-9,12-16H2,1-2H3. The van der Waals surface area contributed by atoms with Gasteiger partial charge >= 0.3 is 0 Å². The summed E-state index contributed by atoms with van der Waals surface area (Å²) in [6.07, 6.45) is 5.71. The summed E-state index contributed by atoms with van der Waals surface area (Å²) in [5.41, 5.74) is 2.29. The van der Waals surface area contributed by atoms with E-state index in [1.807, 2.05) is 18.2 Å². The first-order chi connectivity index (χ1) is 11.5. The quantitative estimate of drug-likeness (QED) is 0.743. The molecule has 0 unspecified atom stereocenters. The minimum absolute atomic E-state index is 0.350. The maximum absolute atomic E-state index is 12.3. The van der Waals surface area contributed by atoms with Crippen LogP contribution >= 0.6 is 0 Å². The maximum Gasteiger partial charge on any atom is 0.279 e. The fourth-order valence-corrected chi connectivity index (χ4v) is 3.95. The maximum atomic E-state index is 12.3. The third-order valence-electron chi connectivity index (χ3n) is 4.64. The molecule has 1 aliphatic rings. The largest absolute Gasteiger partial charge is 0.299 e. The summed E-state index contributed by atoms with van der Waals surface area (Å²) in [4.78, 5) is 2.46. The van der Waals surface area contributed by atoms with E-state index in [0.717, 1.165) is 38.0 Å². The molecule has 1 heterocycles. The molecular weight excluding hydrogens is 322 g/mol. The summed E-state index contributed by atoms with van der Waals surface area (Å²) < 4.78 is 28.8. The van der Waals surface area contributed by atoms with Gasteiger partial charge in [0.25, 0.3) is 10.2 Å². The monoisotopic (exact) mass is 353 g/mol. The lowest BCUT2D eigenvalue weighted by Gasteiger charge is -2.27. The average molecular weight is 354 g/mol. The van der Waals surface area contributed by atoms with Crippen LogP contribution < -0.4 is 4.72 Å². The molecule has 0 aromatic heterocycles. The van der Waals surface area contributed by atoms with Crippen LogP contribution in [0.2, 0.25) is 0 Å². The number of hydrogen-bond donors (Lipinski definition) is 1. The van der Waals surface area contributed by atoms with Crippen LogP contribution in [0.25, 0.3) is 0 Å². The van der Waals surface area contributed by atoms with Crippen LogP contribution in [0.3, 0.4) is 0 Å². The van der Waals surface area contributed by atoms with Crippen molar-refractivity contribution >= 4 is 10.2 Å². The van der Waals surface area contributed by atoms with Crippen molar-refractivity contribution in [1.29, 1.82) is 0 Å². The molecule has 0 spiro atoms. The van der Waals surface area contributed by atoms with Gasteiger partial charge < -0.3 is 0 Å². The lowest BCUT2D eigenvalue weighted by Crippen LogP contribution is -2.38. The van der Waals surface area contributed by atoms with Crippen molar-refractivity contribution in [3.63, 3.8) is 0 Å². The van der Waals surface area contributed by atoms with Crippen molar-refractivity contribution in [2.45, 2.75) is 52.1 Å². The topological polar surface area (TPSA) is 52.7 Å². The molecule has 0 radical (unpaired) electrons. The molecule has 24 heavy (non-hydrogen) atoms. The normalized spacial score (nSPS) is 16.6. The molecule has 1 N–H and O–H groups in total. The van der Waals surface area contributed by atoms with E-state index in [2.05, 4.69) is 22.6 Å². The van der Waals surface area contributed by atoms with Gasteiger partial charge in [0.2, 0.25) is 0 Å². The highest BCUT2D eigenvalue weighted by Gasteiger charge is 2.18. The number of unbranched alkanes of at least 4 members (excludes halogenated alkanes) is 1. The van der Waals surface area contributed by atoms with E-state index in [1.165, 1.54) is 29.1 Å². The molecule has 1 saturated heterocycles. The van der Waals surface area contributed by atoms with Crippen LogP contribution in [-0.2, 0) is 23.3 Å². The summed E-state index contributed by atoms with van der Waals surface area (Å²) in [5.74, 6) is 0. The smallest absolute Gasteiger partial charge is 0.279 e. The zero-order valence-electron chi connectivity index (χ0n) is 15.0. The Hall–Kier alpha value is -0.950. The number of nitrogens with zero attached hydrogens (tertiary/aromatic N) is 2. The first-order valence-electron chi connectivity index (χ1n) is 9.03. The van der Waals surface area contributed by atoms with Crippen molar-refractivity contribution < 1.29 is 8.42 Å². The average Bonchev–Trinajstić information content (AvgIpc) is 2.60. The predicted octanol–water partition coefficient (Wildman–Crippen LogP) is 2.74. The number of rotatable bonds is 9. The minimum atomic E-state index is -3.41. The molecule has 2 rings (SSSR count). The Bertz CT molecular complexity index is 598. The number of nitrogens with one attached hydrogen (secondary N) is 1. The van der Waals surface area contributed by atoms with Crippen molar-refractivity contribution in [3.8, 4) is 0 Å². The number of benzene rings is 1. The van der Waals surface area contributed by atoms with E-state index in [4.69, 9.17) is 0 Å². The highest BCUT2D eigenvalue weighted by atomic mass is 32.2.